The second kappa shape index (κ2) is 14.2. The van der Waals surface area contributed by atoms with Crippen molar-refractivity contribution in [1.82, 2.24) is 9.88 Å². The Hall–Kier alpha value is -5.42. The normalized spacial score (nSPS) is 12.0. The summed E-state index contributed by atoms with van der Waals surface area (Å²) in [5.74, 6) is -0.625. The topological polar surface area (TPSA) is 139 Å². The van der Waals surface area contributed by atoms with Gasteiger partial charge in [0.25, 0.3) is 0 Å². The summed E-state index contributed by atoms with van der Waals surface area (Å²) in [4.78, 5) is 36.5. The molecule has 11 heteroatoms. The van der Waals surface area contributed by atoms with Gasteiger partial charge in [0, 0.05) is 17.5 Å². The third kappa shape index (κ3) is 7.50. The molecule has 0 saturated carbocycles. The van der Waals surface area contributed by atoms with Crippen LogP contribution in [-0.4, -0.2) is 45.3 Å². The minimum Gasteiger partial charge on any atom is -0.492 e. The Balaban J connectivity index is 1.16. The van der Waals surface area contributed by atoms with Crippen molar-refractivity contribution in [2.45, 2.75) is 25.6 Å². The van der Waals surface area contributed by atoms with Crippen LogP contribution in [0.3, 0.4) is 0 Å². The van der Waals surface area contributed by atoms with E-state index in [0.29, 0.717) is 29.1 Å². The SMILES string of the molecule is O=C(NC(Cc1ccc(OCCn2c(=O)sc3cc(/C(=N/O)c4ccccc4)ccc32)cc1)C(=O)O)OCc1ccccc1. The summed E-state index contributed by atoms with van der Waals surface area (Å²) in [6, 6.07) is 29.6. The number of thiazole rings is 1. The third-order valence-corrected chi connectivity index (χ3v) is 7.78. The lowest BCUT2D eigenvalue weighted by Crippen LogP contribution is -2.42. The molecule has 0 aliphatic heterocycles. The van der Waals surface area contributed by atoms with Crippen LogP contribution < -0.4 is 14.9 Å². The number of carbonyl (C=O) groups excluding carboxylic acids is 1. The fourth-order valence-corrected chi connectivity index (χ4v) is 5.58. The molecule has 10 nitrogen and oxygen atoms in total. The number of oxime groups is 1. The molecule has 0 radical (unpaired) electrons. The van der Waals surface area contributed by atoms with Crippen LogP contribution in [0.15, 0.2) is 113 Å². The summed E-state index contributed by atoms with van der Waals surface area (Å²) in [6.07, 6.45) is -0.756. The number of aromatic nitrogens is 1. The van der Waals surface area contributed by atoms with Crippen LogP contribution in [0.2, 0.25) is 0 Å². The van der Waals surface area contributed by atoms with Crippen molar-refractivity contribution in [3.63, 3.8) is 0 Å². The van der Waals surface area contributed by atoms with Crippen LogP contribution in [0.1, 0.15) is 22.3 Å². The zero-order chi connectivity index (χ0) is 30.9. The summed E-state index contributed by atoms with van der Waals surface area (Å²) in [7, 11) is 0. The Morgan fingerprint density at radius 3 is 2.27 bits per heavy atom. The molecule has 5 aromatic rings. The number of amides is 1. The molecule has 4 aromatic carbocycles. The van der Waals surface area contributed by atoms with Gasteiger partial charge in [-0.15, -0.1) is 0 Å². The molecule has 1 aromatic heterocycles. The predicted molar refractivity (Wildman–Crippen MR) is 167 cm³/mol. The average Bonchev–Trinajstić information content (AvgIpc) is 3.35. The van der Waals surface area contributed by atoms with Crippen LogP contribution in [0.4, 0.5) is 4.79 Å². The van der Waals surface area contributed by atoms with E-state index in [4.69, 9.17) is 9.47 Å². The summed E-state index contributed by atoms with van der Waals surface area (Å²) in [5.41, 5.74) is 4.10. The van der Waals surface area contributed by atoms with E-state index in [-0.39, 0.29) is 24.5 Å². The number of benzene rings is 4. The molecule has 0 saturated heterocycles. The predicted octanol–water partition coefficient (Wildman–Crippen LogP) is 5.29. The highest BCUT2D eigenvalue weighted by Gasteiger charge is 2.21. The Kier molecular flexibility index (Phi) is 9.68. The van der Waals surface area contributed by atoms with E-state index in [1.165, 1.54) is 0 Å². The first kappa shape index (κ1) is 30.1. The number of hydrogen-bond acceptors (Lipinski definition) is 8. The van der Waals surface area contributed by atoms with Gasteiger partial charge in [0.15, 0.2) is 0 Å². The van der Waals surface area contributed by atoms with Crippen LogP contribution in [0.5, 0.6) is 5.75 Å². The summed E-state index contributed by atoms with van der Waals surface area (Å²) in [6.45, 7) is 0.579. The van der Waals surface area contributed by atoms with E-state index in [9.17, 15) is 24.7 Å². The molecule has 0 bridgehead atoms. The molecule has 0 spiro atoms. The van der Waals surface area contributed by atoms with Gasteiger partial charge >= 0.3 is 16.9 Å². The number of carbonyl (C=O) groups is 2. The van der Waals surface area contributed by atoms with Crippen molar-refractivity contribution in [3.8, 4) is 5.75 Å². The molecule has 44 heavy (non-hydrogen) atoms. The summed E-state index contributed by atoms with van der Waals surface area (Å²) >= 11 is 1.11. The molecule has 0 aliphatic carbocycles. The molecular formula is C33H29N3O7S. The standard InChI is InChI=1S/C33H29N3O7S/c37-31(38)27(34-32(39)43-21-23-7-3-1-4-8-23)19-22-11-14-26(15-12-22)42-18-17-36-28-16-13-25(20-29(28)44-33(36)40)30(35-41)24-9-5-2-6-10-24/h1-16,20,27,41H,17-19,21H2,(H,34,39)(H,37,38)/b35-30+. The van der Waals surface area contributed by atoms with E-state index in [1.54, 1.807) is 41.0 Å². The first-order chi connectivity index (χ1) is 21.4. The Morgan fingerprint density at radius 2 is 1.59 bits per heavy atom. The number of nitrogens with one attached hydrogen (secondary N) is 1. The second-order valence-corrected chi connectivity index (χ2v) is 10.8. The van der Waals surface area contributed by atoms with Gasteiger partial charge in [0.2, 0.25) is 0 Å². The van der Waals surface area contributed by atoms with Crippen molar-refractivity contribution in [1.29, 1.82) is 0 Å². The summed E-state index contributed by atoms with van der Waals surface area (Å²) in [5, 5.41) is 25.1. The van der Waals surface area contributed by atoms with Gasteiger partial charge < -0.3 is 25.1 Å². The first-order valence-corrected chi connectivity index (χ1v) is 14.6. The van der Waals surface area contributed by atoms with E-state index < -0.39 is 18.1 Å². The number of nitrogens with zero attached hydrogens (tertiary/aromatic N) is 2. The zero-order valence-electron chi connectivity index (χ0n) is 23.5. The van der Waals surface area contributed by atoms with E-state index in [2.05, 4.69) is 10.5 Å². The minimum atomic E-state index is -1.18. The zero-order valence-corrected chi connectivity index (χ0v) is 24.3. The second-order valence-electron chi connectivity index (χ2n) is 9.81. The maximum Gasteiger partial charge on any atom is 0.408 e. The molecule has 1 heterocycles. The number of aliphatic carboxylic acids is 1. The first-order valence-electron chi connectivity index (χ1n) is 13.7. The number of carboxylic acid groups (broad SMARTS) is 1. The van der Waals surface area contributed by atoms with Gasteiger partial charge in [0.1, 0.15) is 30.7 Å². The number of fused-ring (bicyclic) bond motifs is 1. The number of hydrogen-bond donors (Lipinski definition) is 3. The van der Waals surface area contributed by atoms with Crippen LogP contribution in [0, 0.1) is 0 Å². The molecule has 3 N–H and O–H groups in total. The smallest absolute Gasteiger partial charge is 0.408 e. The highest BCUT2D eigenvalue weighted by molar-refractivity contribution is 7.16. The maximum absolute atomic E-state index is 12.8. The van der Waals surface area contributed by atoms with Crippen LogP contribution in [0.25, 0.3) is 10.2 Å². The van der Waals surface area contributed by atoms with Gasteiger partial charge in [-0.25, -0.2) is 9.59 Å². The maximum atomic E-state index is 12.8. The molecule has 5 rings (SSSR count). The molecular weight excluding hydrogens is 582 g/mol. The van der Waals surface area contributed by atoms with Gasteiger partial charge in [-0.3, -0.25) is 9.36 Å². The van der Waals surface area contributed by atoms with Crippen molar-refractivity contribution < 1.29 is 29.4 Å². The molecule has 224 valence electrons. The average molecular weight is 612 g/mol. The number of alkyl carbamates (subject to hydrolysis) is 1. The number of rotatable bonds is 12. The molecule has 0 fully saturated rings. The highest BCUT2D eigenvalue weighted by atomic mass is 32.1. The fourth-order valence-electron chi connectivity index (χ4n) is 4.62. The van der Waals surface area contributed by atoms with E-state index in [1.807, 2.05) is 66.7 Å². The van der Waals surface area contributed by atoms with Gasteiger partial charge in [-0.05, 0) is 35.4 Å². The lowest BCUT2D eigenvalue weighted by Gasteiger charge is -2.15. The monoisotopic (exact) mass is 611 g/mol. The van der Waals surface area contributed by atoms with Crippen molar-refractivity contribution in [2.75, 3.05) is 6.61 Å². The Morgan fingerprint density at radius 1 is 0.886 bits per heavy atom. The van der Waals surface area contributed by atoms with Crippen molar-refractivity contribution >= 4 is 39.3 Å². The number of ether oxygens (including phenoxy) is 2. The number of carboxylic acids is 1. The van der Waals surface area contributed by atoms with Crippen molar-refractivity contribution in [2.24, 2.45) is 5.16 Å². The Labute approximate surface area is 256 Å². The van der Waals surface area contributed by atoms with Gasteiger partial charge in [0.05, 0.1) is 16.8 Å². The molecule has 1 unspecified atom stereocenters. The minimum absolute atomic E-state index is 0.0348. The highest BCUT2D eigenvalue weighted by Crippen LogP contribution is 2.22. The Bertz CT molecular complexity index is 1820. The molecule has 0 aliphatic rings. The largest absolute Gasteiger partial charge is 0.492 e. The third-order valence-electron chi connectivity index (χ3n) is 6.84. The quantitative estimate of drug-likeness (QED) is 0.0990. The van der Waals surface area contributed by atoms with Gasteiger partial charge in [-0.1, -0.05) is 95.4 Å². The van der Waals surface area contributed by atoms with Crippen LogP contribution >= 0.6 is 11.3 Å². The molecule has 1 amide bonds. The fraction of sp³-hybridized carbons (Fsp3) is 0.152. The lowest BCUT2D eigenvalue weighted by molar-refractivity contribution is -0.139. The lowest BCUT2D eigenvalue weighted by atomic mass is 10.0. The van der Waals surface area contributed by atoms with E-state index >= 15 is 0 Å². The molecule has 1 atom stereocenters. The van der Waals surface area contributed by atoms with E-state index in [0.717, 1.165) is 32.7 Å². The van der Waals surface area contributed by atoms with Gasteiger partial charge in [-0.2, -0.15) is 0 Å². The van der Waals surface area contributed by atoms with Crippen LogP contribution in [-0.2, 0) is 29.1 Å². The summed E-state index contributed by atoms with van der Waals surface area (Å²) < 4.78 is 13.4. The van der Waals surface area contributed by atoms with Crippen molar-refractivity contribution in [3.05, 3.63) is 135 Å².